The average molecular weight is 399 g/mol. The van der Waals surface area contributed by atoms with Gasteiger partial charge in [0.15, 0.2) is 5.69 Å². The van der Waals surface area contributed by atoms with Crippen LogP contribution in [0.5, 0.6) is 0 Å². The van der Waals surface area contributed by atoms with E-state index in [4.69, 9.17) is 0 Å². The molecule has 0 spiro atoms. The number of carbonyl (C=O) groups is 2. The number of amides is 2. The molecule has 30 heavy (non-hydrogen) atoms. The molecule has 0 unspecified atom stereocenters. The lowest BCUT2D eigenvalue weighted by Crippen LogP contribution is -2.28. The monoisotopic (exact) mass is 399 g/mol. The van der Waals surface area contributed by atoms with E-state index in [2.05, 4.69) is 15.3 Å². The van der Waals surface area contributed by atoms with Crippen molar-refractivity contribution in [3.05, 3.63) is 102 Å². The zero-order chi connectivity index (χ0) is 20.9. The number of rotatable bonds is 6. The number of aromatic nitrogens is 3. The standard InChI is InChI=1S/C23H21N5O2/c1-27(16-18-7-3-2-4-8-18)23(30)21-26-20(19-9-5-6-14-28(19)21)22(29)25-15-17-10-12-24-13-11-17/h2-14H,15-16H2,1H3,(H,25,29). The number of nitrogens with one attached hydrogen (secondary N) is 1. The molecule has 0 saturated carbocycles. The summed E-state index contributed by atoms with van der Waals surface area (Å²) in [5.74, 6) is -0.383. The maximum Gasteiger partial charge on any atom is 0.290 e. The Morgan fingerprint density at radius 1 is 0.967 bits per heavy atom. The molecule has 7 nitrogen and oxygen atoms in total. The number of hydrogen-bond acceptors (Lipinski definition) is 4. The number of nitrogens with zero attached hydrogens (tertiary/aromatic N) is 4. The van der Waals surface area contributed by atoms with E-state index in [1.165, 1.54) is 0 Å². The Bertz CT molecular complexity index is 1170. The van der Waals surface area contributed by atoms with Crippen molar-refractivity contribution < 1.29 is 9.59 Å². The van der Waals surface area contributed by atoms with Gasteiger partial charge in [0.25, 0.3) is 11.8 Å². The second-order valence-electron chi connectivity index (χ2n) is 6.92. The molecule has 0 saturated heterocycles. The fourth-order valence-electron chi connectivity index (χ4n) is 3.22. The average Bonchev–Trinajstić information content (AvgIpc) is 3.18. The molecule has 1 N–H and O–H groups in total. The van der Waals surface area contributed by atoms with Crippen LogP contribution in [0.25, 0.3) is 5.52 Å². The molecular weight excluding hydrogens is 378 g/mol. The third-order valence-electron chi connectivity index (χ3n) is 4.77. The van der Waals surface area contributed by atoms with Crippen LogP contribution in [-0.4, -0.2) is 38.1 Å². The molecule has 4 aromatic rings. The van der Waals surface area contributed by atoms with E-state index in [1.54, 1.807) is 47.1 Å². The lowest BCUT2D eigenvalue weighted by molar-refractivity contribution is 0.0772. The molecule has 4 rings (SSSR count). The summed E-state index contributed by atoms with van der Waals surface area (Å²) < 4.78 is 1.66. The highest BCUT2D eigenvalue weighted by Crippen LogP contribution is 2.16. The third kappa shape index (κ3) is 4.05. The number of pyridine rings is 2. The Balaban J connectivity index is 1.58. The Morgan fingerprint density at radius 2 is 1.70 bits per heavy atom. The van der Waals surface area contributed by atoms with Crippen LogP contribution in [0.15, 0.2) is 79.3 Å². The molecule has 0 aliphatic rings. The molecule has 2 amide bonds. The van der Waals surface area contributed by atoms with Gasteiger partial charge in [-0.2, -0.15) is 0 Å². The first-order valence-electron chi connectivity index (χ1n) is 9.57. The van der Waals surface area contributed by atoms with Crippen LogP contribution in [0.4, 0.5) is 0 Å². The number of carbonyl (C=O) groups excluding carboxylic acids is 2. The van der Waals surface area contributed by atoms with Crippen LogP contribution < -0.4 is 5.32 Å². The number of benzene rings is 1. The zero-order valence-corrected chi connectivity index (χ0v) is 16.5. The fraction of sp³-hybridized carbons (Fsp3) is 0.130. The fourth-order valence-corrected chi connectivity index (χ4v) is 3.22. The molecule has 0 fully saturated rings. The second-order valence-corrected chi connectivity index (χ2v) is 6.92. The van der Waals surface area contributed by atoms with Crippen molar-refractivity contribution in [3.63, 3.8) is 0 Å². The van der Waals surface area contributed by atoms with Crippen LogP contribution in [0.2, 0.25) is 0 Å². The molecule has 0 atom stereocenters. The minimum Gasteiger partial charge on any atom is -0.347 e. The molecule has 0 aliphatic carbocycles. The SMILES string of the molecule is CN(Cc1ccccc1)C(=O)c1nc(C(=O)NCc2ccncc2)c2ccccn12. The predicted octanol–water partition coefficient (Wildman–Crippen LogP) is 2.93. The van der Waals surface area contributed by atoms with Gasteiger partial charge < -0.3 is 10.2 Å². The van der Waals surface area contributed by atoms with Crippen molar-refractivity contribution in [1.82, 2.24) is 24.6 Å². The van der Waals surface area contributed by atoms with Gasteiger partial charge in [-0.25, -0.2) is 4.98 Å². The van der Waals surface area contributed by atoms with Crippen LogP contribution in [0.3, 0.4) is 0 Å². The Labute approximate surface area is 174 Å². The molecule has 7 heteroatoms. The first-order chi connectivity index (χ1) is 14.6. The maximum absolute atomic E-state index is 13.1. The quantitative estimate of drug-likeness (QED) is 0.541. The Hall–Kier alpha value is -4.00. The summed E-state index contributed by atoms with van der Waals surface area (Å²) in [6, 6.07) is 18.8. The smallest absolute Gasteiger partial charge is 0.290 e. The first-order valence-corrected chi connectivity index (χ1v) is 9.57. The Morgan fingerprint density at radius 3 is 2.47 bits per heavy atom. The largest absolute Gasteiger partial charge is 0.347 e. The molecule has 3 heterocycles. The lowest BCUT2D eigenvalue weighted by Gasteiger charge is -2.16. The highest BCUT2D eigenvalue weighted by molar-refractivity contribution is 6.02. The third-order valence-corrected chi connectivity index (χ3v) is 4.77. The topological polar surface area (TPSA) is 79.6 Å². The number of hydrogen-bond donors (Lipinski definition) is 1. The van der Waals surface area contributed by atoms with Gasteiger partial charge in [0, 0.05) is 38.7 Å². The van der Waals surface area contributed by atoms with Crippen molar-refractivity contribution >= 4 is 17.3 Å². The van der Waals surface area contributed by atoms with E-state index in [0.717, 1.165) is 11.1 Å². The normalized spacial score (nSPS) is 10.7. The summed E-state index contributed by atoms with van der Waals surface area (Å²) in [4.78, 5) is 35.9. The van der Waals surface area contributed by atoms with Crippen LogP contribution in [0.1, 0.15) is 32.2 Å². The first kappa shape index (κ1) is 19.3. The van der Waals surface area contributed by atoms with Crippen molar-refractivity contribution in [1.29, 1.82) is 0 Å². The highest BCUT2D eigenvalue weighted by Gasteiger charge is 2.23. The van der Waals surface area contributed by atoms with Crippen molar-refractivity contribution in [2.24, 2.45) is 0 Å². The van der Waals surface area contributed by atoms with E-state index in [1.807, 2.05) is 48.5 Å². The van der Waals surface area contributed by atoms with E-state index in [-0.39, 0.29) is 23.3 Å². The Kier molecular flexibility index (Phi) is 5.52. The van der Waals surface area contributed by atoms with Gasteiger partial charge in [-0.1, -0.05) is 36.4 Å². The second kappa shape index (κ2) is 8.57. The molecule has 3 aromatic heterocycles. The van der Waals surface area contributed by atoms with Crippen LogP contribution in [-0.2, 0) is 13.1 Å². The predicted molar refractivity (Wildman–Crippen MR) is 113 cm³/mol. The summed E-state index contributed by atoms with van der Waals surface area (Å²) in [7, 11) is 1.72. The summed E-state index contributed by atoms with van der Waals surface area (Å²) in [6.45, 7) is 0.801. The van der Waals surface area contributed by atoms with Gasteiger partial charge in [-0.15, -0.1) is 0 Å². The van der Waals surface area contributed by atoms with E-state index < -0.39 is 0 Å². The lowest BCUT2D eigenvalue weighted by atomic mass is 10.2. The van der Waals surface area contributed by atoms with Crippen molar-refractivity contribution in [2.45, 2.75) is 13.1 Å². The summed E-state index contributed by atoms with van der Waals surface area (Å²) in [5.41, 5.74) is 2.76. The minimum absolute atomic E-state index is 0.207. The zero-order valence-electron chi connectivity index (χ0n) is 16.5. The summed E-state index contributed by atoms with van der Waals surface area (Å²) in [5, 5.41) is 2.86. The number of imidazole rings is 1. The van der Waals surface area contributed by atoms with Gasteiger partial charge in [0.05, 0.1) is 5.52 Å². The summed E-state index contributed by atoms with van der Waals surface area (Å²) >= 11 is 0. The van der Waals surface area contributed by atoms with E-state index in [9.17, 15) is 9.59 Å². The van der Waals surface area contributed by atoms with Gasteiger partial charge in [0.2, 0.25) is 5.82 Å². The molecule has 0 aliphatic heterocycles. The summed E-state index contributed by atoms with van der Waals surface area (Å²) in [6.07, 6.45) is 5.09. The number of fused-ring (bicyclic) bond motifs is 1. The van der Waals surface area contributed by atoms with Crippen molar-refractivity contribution in [3.8, 4) is 0 Å². The molecule has 0 radical (unpaired) electrons. The molecular formula is C23H21N5O2. The van der Waals surface area contributed by atoms with Gasteiger partial charge >= 0.3 is 0 Å². The van der Waals surface area contributed by atoms with Gasteiger partial charge in [-0.3, -0.25) is 19.0 Å². The minimum atomic E-state index is -0.333. The molecule has 0 bridgehead atoms. The van der Waals surface area contributed by atoms with Crippen LogP contribution >= 0.6 is 0 Å². The van der Waals surface area contributed by atoms with Crippen molar-refractivity contribution in [2.75, 3.05) is 7.05 Å². The van der Waals surface area contributed by atoms with Gasteiger partial charge in [0.1, 0.15) is 0 Å². The van der Waals surface area contributed by atoms with E-state index in [0.29, 0.717) is 18.6 Å². The van der Waals surface area contributed by atoms with E-state index >= 15 is 0 Å². The maximum atomic E-state index is 13.1. The highest BCUT2D eigenvalue weighted by atomic mass is 16.2. The van der Waals surface area contributed by atoms with Gasteiger partial charge in [-0.05, 0) is 35.4 Å². The molecule has 1 aromatic carbocycles. The van der Waals surface area contributed by atoms with Crippen LogP contribution in [0, 0.1) is 0 Å². The molecule has 150 valence electrons.